The van der Waals surface area contributed by atoms with Crippen LogP contribution in [0.4, 0.5) is 0 Å². The van der Waals surface area contributed by atoms with Gasteiger partial charge in [0.1, 0.15) is 0 Å². The molecule has 0 spiro atoms. The summed E-state index contributed by atoms with van der Waals surface area (Å²) in [7, 11) is 0. The summed E-state index contributed by atoms with van der Waals surface area (Å²) in [4.78, 5) is 23.6. The number of pyridine rings is 4. The minimum Gasteiger partial charge on any atom is -0.486 e. The van der Waals surface area contributed by atoms with Gasteiger partial charge in [0.15, 0.2) is 0 Å². The van der Waals surface area contributed by atoms with Gasteiger partial charge in [-0.2, -0.15) is 0 Å². The molecule has 6 aromatic carbocycles. The van der Waals surface area contributed by atoms with Crippen LogP contribution >= 0.6 is 0 Å². The van der Waals surface area contributed by atoms with Gasteiger partial charge in [-0.1, -0.05) is 109 Å². The summed E-state index contributed by atoms with van der Waals surface area (Å²) in [6.45, 7) is 8.70. The summed E-state index contributed by atoms with van der Waals surface area (Å²) in [6, 6.07) is 70.3. The number of imidazole rings is 2. The van der Waals surface area contributed by atoms with Gasteiger partial charge in [0, 0.05) is 35.4 Å². The molecule has 354 valence electrons. The molecule has 0 atom stereocenters. The maximum Gasteiger partial charge on any atom is 3.00 e. The van der Waals surface area contributed by atoms with Crippen molar-refractivity contribution in [3.8, 4) is 50.6 Å². The number of nitrogens with zero attached hydrogens (tertiary/aromatic N) is 7. The van der Waals surface area contributed by atoms with E-state index < -0.39 is 0 Å². The normalized spacial score (nSPS) is 11.6. The fraction of sp³-hybridized carbons (Fsp3) is 0.109. The number of rotatable bonds is 8. The van der Waals surface area contributed by atoms with Crippen molar-refractivity contribution in [2.24, 2.45) is 5.41 Å². The van der Waals surface area contributed by atoms with E-state index in [1.165, 1.54) is 11.1 Å². The zero-order valence-electron chi connectivity index (χ0n) is 40.8. The van der Waals surface area contributed by atoms with Gasteiger partial charge in [-0.25, -0.2) is 9.97 Å². The first-order chi connectivity index (χ1) is 35.2. The van der Waals surface area contributed by atoms with Crippen LogP contribution in [0.25, 0.3) is 100 Å². The van der Waals surface area contributed by atoms with Crippen molar-refractivity contribution in [2.45, 2.75) is 40.5 Å². The van der Waals surface area contributed by atoms with Crippen molar-refractivity contribution >= 4 is 49.9 Å². The van der Waals surface area contributed by atoms with E-state index in [2.05, 4.69) is 166 Å². The van der Waals surface area contributed by atoms with E-state index in [1.807, 2.05) is 98.3 Å². The van der Waals surface area contributed by atoms with Crippen molar-refractivity contribution in [1.82, 2.24) is 33.9 Å². The molecule has 0 saturated heterocycles. The standard InChI is InChI=1S/C42H27N5.C22H21N2O.Ir/c1-3-12-30(13-4-1)40-33(16-11-25-44-40)26-29-22-23-37-39(27-29)47-41-35(31-14-9-15-32(28-31)36-20-7-8-24-43-36)19-10-21-38(41)46(42(47)45-37)34-17-5-2-6-18-34;1-14-8-9-17-16-6-5-7-18(20(16)25-21(17)24-14)19-12-15(10-11-23-19)13-22(2,3)4;/h1-12,14,16-25,27-28H,26H2;5-6,8-12H,13H2,1-4H3;/q-2;-1;+3. The summed E-state index contributed by atoms with van der Waals surface area (Å²) in [6.07, 6.45) is 7.28. The van der Waals surface area contributed by atoms with Gasteiger partial charge in [-0.05, 0) is 114 Å². The largest absolute Gasteiger partial charge is 3.00 e. The summed E-state index contributed by atoms with van der Waals surface area (Å²) >= 11 is 0. The van der Waals surface area contributed by atoms with Crippen LogP contribution < -0.4 is 0 Å². The number of fused-ring (bicyclic) bond motifs is 8. The van der Waals surface area contributed by atoms with Crippen LogP contribution in [0, 0.1) is 30.5 Å². The third kappa shape index (κ3) is 9.25. The Morgan fingerprint density at radius 1 is 0.589 bits per heavy atom. The minimum absolute atomic E-state index is 0. The third-order valence-corrected chi connectivity index (χ3v) is 13.0. The number of aryl methyl sites for hydroxylation is 1. The van der Waals surface area contributed by atoms with E-state index in [0.29, 0.717) is 5.71 Å². The van der Waals surface area contributed by atoms with Gasteiger partial charge >= 0.3 is 20.1 Å². The van der Waals surface area contributed by atoms with Gasteiger partial charge in [0.2, 0.25) is 11.5 Å². The molecule has 8 nitrogen and oxygen atoms in total. The molecule has 0 aliphatic rings. The Hall–Kier alpha value is -8.36. The minimum atomic E-state index is 0. The molecule has 0 fully saturated rings. The molecule has 0 aliphatic heterocycles. The number of benzene rings is 6. The molecule has 7 heterocycles. The number of furan rings is 1. The maximum absolute atomic E-state index is 6.08. The molecule has 13 aromatic rings. The van der Waals surface area contributed by atoms with Gasteiger partial charge < -0.3 is 19.4 Å². The van der Waals surface area contributed by atoms with E-state index >= 15 is 0 Å². The molecular formula is C64H48IrN7O. The topological polar surface area (TPSA) is 86.9 Å². The first-order valence-corrected chi connectivity index (χ1v) is 24.2. The molecule has 73 heavy (non-hydrogen) atoms. The molecule has 0 unspecified atom stereocenters. The average Bonchev–Trinajstić information content (AvgIpc) is 4.07. The van der Waals surface area contributed by atoms with Crippen molar-refractivity contribution in [3.05, 3.63) is 235 Å². The second-order valence-electron chi connectivity index (χ2n) is 19.4. The molecule has 9 heteroatoms. The molecule has 0 amide bonds. The Morgan fingerprint density at radius 3 is 2.25 bits per heavy atom. The van der Waals surface area contributed by atoms with Crippen LogP contribution in [-0.4, -0.2) is 33.9 Å². The molecule has 0 bridgehead atoms. The van der Waals surface area contributed by atoms with Gasteiger partial charge in [0.25, 0.3) is 0 Å². The van der Waals surface area contributed by atoms with Crippen LogP contribution in [0.15, 0.2) is 199 Å². The fourth-order valence-electron chi connectivity index (χ4n) is 9.83. The summed E-state index contributed by atoms with van der Waals surface area (Å²) in [5, 5.41) is 2.08. The van der Waals surface area contributed by atoms with Gasteiger partial charge in [0.05, 0.1) is 27.6 Å². The zero-order valence-corrected chi connectivity index (χ0v) is 43.2. The quantitative estimate of drug-likeness (QED) is 0.141. The second kappa shape index (κ2) is 19.7. The fourth-order valence-corrected chi connectivity index (χ4v) is 9.83. The Labute approximate surface area is 437 Å². The molecule has 0 radical (unpaired) electrons. The number of hydrogen-bond donors (Lipinski definition) is 0. The van der Waals surface area contributed by atoms with Crippen LogP contribution in [0.3, 0.4) is 0 Å². The Morgan fingerprint density at radius 2 is 1.41 bits per heavy atom. The molecule has 0 N–H and O–H groups in total. The van der Waals surface area contributed by atoms with E-state index in [-0.39, 0.29) is 25.5 Å². The zero-order chi connectivity index (χ0) is 48.8. The van der Waals surface area contributed by atoms with E-state index in [0.717, 1.165) is 119 Å². The van der Waals surface area contributed by atoms with Gasteiger partial charge in [-0.3, -0.25) is 8.97 Å². The SMILES string of the molecule is Cc1ccc2c(n1)oc1c(-c3cc(CC(C)(C)C)ccn3)[c-]ccc12.[Ir+3].[c-]1ccc(-c2cccc3c2n2c4cc(Cc5cccnc5-c5[c-]cccc5)ccc4nc2n3-c2ccccc2)cc1-c1ccccn1. The van der Waals surface area contributed by atoms with Crippen molar-refractivity contribution in [2.75, 3.05) is 0 Å². The summed E-state index contributed by atoms with van der Waals surface area (Å²) < 4.78 is 10.7. The molecule has 13 rings (SSSR count). The Kier molecular flexibility index (Phi) is 12.7. The summed E-state index contributed by atoms with van der Waals surface area (Å²) in [5.74, 6) is 0.874. The third-order valence-electron chi connectivity index (χ3n) is 13.0. The smallest absolute Gasteiger partial charge is 0.486 e. The molecule has 7 aromatic heterocycles. The van der Waals surface area contributed by atoms with Crippen molar-refractivity contribution < 1.29 is 24.5 Å². The Bertz CT molecular complexity index is 4100. The predicted octanol–water partition coefficient (Wildman–Crippen LogP) is 15.2. The molecule has 0 aliphatic carbocycles. The van der Waals surface area contributed by atoms with Crippen LogP contribution in [0.5, 0.6) is 0 Å². The van der Waals surface area contributed by atoms with E-state index in [9.17, 15) is 0 Å². The Balaban J connectivity index is 0.000000187. The van der Waals surface area contributed by atoms with Crippen LogP contribution in [-0.2, 0) is 32.9 Å². The second-order valence-corrected chi connectivity index (χ2v) is 19.4. The predicted molar refractivity (Wildman–Crippen MR) is 290 cm³/mol. The number of aromatic nitrogens is 7. The van der Waals surface area contributed by atoms with Crippen molar-refractivity contribution in [3.63, 3.8) is 0 Å². The van der Waals surface area contributed by atoms with Crippen LogP contribution in [0.2, 0.25) is 0 Å². The summed E-state index contributed by atoms with van der Waals surface area (Å²) in [5.41, 5.74) is 19.3. The number of para-hydroxylation sites is 2. The van der Waals surface area contributed by atoms with E-state index in [1.54, 1.807) is 0 Å². The van der Waals surface area contributed by atoms with Crippen molar-refractivity contribution in [1.29, 1.82) is 0 Å². The van der Waals surface area contributed by atoms with Gasteiger partial charge in [-0.15, -0.1) is 83.9 Å². The first-order valence-electron chi connectivity index (χ1n) is 24.2. The average molecular weight is 1120 g/mol. The monoisotopic (exact) mass is 1120 g/mol. The van der Waals surface area contributed by atoms with E-state index in [4.69, 9.17) is 14.4 Å². The molecule has 0 saturated carbocycles. The first kappa shape index (κ1) is 47.0. The maximum atomic E-state index is 6.08. The number of hydrogen-bond acceptors (Lipinski definition) is 6. The molecular weight excluding hydrogens is 1070 g/mol. The van der Waals surface area contributed by atoms with Crippen LogP contribution in [0.1, 0.15) is 43.2 Å².